The van der Waals surface area contributed by atoms with E-state index in [9.17, 15) is 4.79 Å². The number of anilines is 1. The maximum atomic E-state index is 11.6. The van der Waals surface area contributed by atoms with Crippen LogP contribution in [0.2, 0.25) is 0 Å². The van der Waals surface area contributed by atoms with Crippen LogP contribution in [0.4, 0.5) is 10.5 Å². The highest BCUT2D eigenvalue weighted by Crippen LogP contribution is 2.13. The van der Waals surface area contributed by atoms with Crippen molar-refractivity contribution in [2.75, 3.05) is 5.32 Å². The van der Waals surface area contributed by atoms with Gasteiger partial charge >= 0.3 is 6.09 Å². The van der Waals surface area contributed by atoms with Crippen LogP contribution in [0, 0.1) is 0 Å². The minimum atomic E-state index is -0.508. The summed E-state index contributed by atoms with van der Waals surface area (Å²) in [6.45, 7) is 5.87. The number of para-hydroxylation sites is 1. The van der Waals surface area contributed by atoms with Crippen molar-refractivity contribution in [3.05, 3.63) is 60.2 Å². The molecule has 1 amide bonds. The van der Waals surface area contributed by atoms with Gasteiger partial charge in [-0.05, 0) is 62.8 Å². The predicted octanol–water partition coefficient (Wildman–Crippen LogP) is 4.49. The molecule has 0 saturated heterocycles. The molecule has 0 aliphatic rings. The smallest absolute Gasteiger partial charge is 0.407 e. The molecule has 2 rings (SSSR count). The lowest BCUT2D eigenvalue weighted by Crippen LogP contribution is -2.32. The average Bonchev–Trinajstić information content (AvgIpc) is 2.53. The third kappa shape index (κ3) is 7.22. The van der Waals surface area contributed by atoms with Gasteiger partial charge < -0.3 is 20.1 Å². The van der Waals surface area contributed by atoms with Gasteiger partial charge in [-0.2, -0.15) is 0 Å². The molecule has 0 bridgehead atoms. The van der Waals surface area contributed by atoms with E-state index < -0.39 is 11.7 Å². The SMILES string of the molecule is CC(C)(C)OC(=O)NCc1ccc(NC(=S)Oc2ccccc2)cc1. The van der Waals surface area contributed by atoms with Gasteiger partial charge in [0, 0.05) is 12.2 Å². The molecule has 0 heterocycles. The number of carbonyl (C=O) groups is 1. The lowest BCUT2D eigenvalue weighted by atomic mass is 10.2. The Bertz CT molecular complexity index is 710. The van der Waals surface area contributed by atoms with Gasteiger partial charge in [0.1, 0.15) is 11.4 Å². The van der Waals surface area contributed by atoms with E-state index in [2.05, 4.69) is 10.6 Å². The summed E-state index contributed by atoms with van der Waals surface area (Å²) in [5.74, 6) is 0.679. The first-order valence-corrected chi connectivity index (χ1v) is 8.32. The molecule has 0 aliphatic carbocycles. The van der Waals surface area contributed by atoms with E-state index >= 15 is 0 Å². The first-order valence-electron chi connectivity index (χ1n) is 7.91. The standard InChI is InChI=1S/C19H22N2O3S/c1-19(2,3)24-17(22)20-13-14-9-11-15(12-10-14)21-18(25)23-16-7-5-4-6-8-16/h4-12H,13H2,1-3H3,(H,20,22)(H,21,25). The summed E-state index contributed by atoms with van der Waals surface area (Å²) in [5, 5.41) is 6.00. The number of amides is 1. The molecule has 2 N–H and O–H groups in total. The highest BCUT2D eigenvalue weighted by atomic mass is 32.1. The van der Waals surface area contributed by atoms with Gasteiger partial charge in [-0.25, -0.2) is 4.79 Å². The summed E-state index contributed by atoms with van der Waals surface area (Å²) >= 11 is 5.18. The number of nitrogens with one attached hydrogen (secondary N) is 2. The molecular weight excluding hydrogens is 336 g/mol. The molecule has 6 heteroatoms. The molecule has 0 spiro atoms. The molecule has 5 nitrogen and oxygen atoms in total. The monoisotopic (exact) mass is 358 g/mol. The molecule has 0 saturated carbocycles. The molecule has 25 heavy (non-hydrogen) atoms. The van der Waals surface area contributed by atoms with E-state index in [4.69, 9.17) is 21.7 Å². The Hall–Kier alpha value is -2.60. The van der Waals surface area contributed by atoms with Gasteiger partial charge in [-0.3, -0.25) is 0 Å². The minimum absolute atomic E-state index is 0.269. The highest BCUT2D eigenvalue weighted by Gasteiger charge is 2.15. The summed E-state index contributed by atoms with van der Waals surface area (Å²) in [6.07, 6.45) is -0.438. The van der Waals surface area contributed by atoms with Crippen molar-refractivity contribution in [3.63, 3.8) is 0 Å². The number of hydrogen-bond acceptors (Lipinski definition) is 4. The number of ether oxygens (including phenoxy) is 2. The number of hydrogen-bond donors (Lipinski definition) is 2. The van der Waals surface area contributed by atoms with E-state index in [-0.39, 0.29) is 5.17 Å². The Morgan fingerprint density at radius 2 is 1.68 bits per heavy atom. The maximum Gasteiger partial charge on any atom is 0.407 e. The third-order valence-corrected chi connectivity index (χ3v) is 3.18. The van der Waals surface area contributed by atoms with Gasteiger partial charge in [0.15, 0.2) is 0 Å². The van der Waals surface area contributed by atoms with Gasteiger partial charge in [0.2, 0.25) is 0 Å². The van der Waals surface area contributed by atoms with Crippen LogP contribution in [0.1, 0.15) is 26.3 Å². The Labute approximate surface area is 153 Å². The van der Waals surface area contributed by atoms with Crippen LogP contribution in [-0.4, -0.2) is 16.9 Å². The summed E-state index contributed by atoms with van der Waals surface area (Å²) in [5.41, 5.74) is 1.25. The van der Waals surface area contributed by atoms with Crippen LogP contribution in [0.3, 0.4) is 0 Å². The lowest BCUT2D eigenvalue weighted by molar-refractivity contribution is 0.0523. The number of alkyl carbamates (subject to hydrolysis) is 1. The largest absolute Gasteiger partial charge is 0.444 e. The van der Waals surface area contributed by atoms with Crippen LogP contribution >= 0.6 is 12.2 Å². The quantitative estimate of drug-likeness (QED) is 0.789. The molecule has 2 aromatic carbocycles. The third-order valence-electron chi connectivity index (χ3n) is 2.99. The van der Waals surface area contributed by atoms with Crippen LogP contribution in [0.25, 0.3) is 0 Å². The van der Waals surface area contributed by atoms with E-state index in [1.165, 1.54) is 0 Å². The van der Waals surface area contributed by atoms with Crippen molar-refractivity contribution in [3.8, 4) is 5.75 Å². The number of carbonyl (C=O) groups excluding carboxylic acids is 1. The summed E-state index contributed by atoms with van der Waals surface area (Å²) < 4.78 is 10.7. The van der Waals surface area contributed by atoms with Crippen molar-refractivity contribution < 1.29 is 14.3 Å². The van der Waals surface area contributed by atoms with Crippen molar-refractivity contribution >= 4 is 29.2 Å². The highest BCUT2D eigenvalue weighted by molar-refractivity contribution is 7.80. The molecule has 0 radical (unpaired) electrons. The van der Waals surface area contributed by atoms with Crippen molar-refractivity contribution in [1.29, 1.82) is 0 Å². The summed E-state index contributed by atoms with van der Waals surface area (Å²) in [4.78, 5) is 11.6. The van der Waals surface area contributed by atoms with Crippen molar-refractivity contribution in [1.82, 2.24) is 5.32 Å². The van der Waals surface area contributed by atoms with Gasteiger partial charge in [0.05, 0.1) is 0 Å². The lowest BCUT2D eigenvalue weighted by Gasteiger charge is -2.19. The normalized spacial score (nSPS) is 10.7. The zero-order valence-electron chi connectivity index (χ0n) is 14.5. The van der Waals surface area contributed by atoms with Crippen LogP contribution in [-0.2, 0) is 11.3 Å². The van der Waals surface area contributed by atoms with Gasteiger partial charge in [-0.1, -0.05) is 30.3 Å². The Kier molecular flexibility index (Phi) is 6.36. The number of thiocarbonyl (C=S) groups is 1. The molecule has 0 fully saturated rings. The van der Waals surface area contributed by atoms with E-state index in [1.54, 1.807) is 0 Å². The Morgan fingerprint density at radius 1 is 1.04 bits per heavy atom. The van der Waals surface area contributed by atoms with Crippen LogP contribution < -0.4 is 15.4 Å². The molecule has 0 unspecified atom stereocenters. The predicted molar refractivity (Wildman–Crippen MR) is 103 cm³/mol. The van der Waals surface area contributed by atoms with Crippen molar-refractivity contribution in [2.45, 2.75) is 32.9 Å². The van der Waals surface area contributed by atoms with Crippen LogP contribution in [0.5, 0.6) is 5.75 Å². The maximum absolute atomic E-state index is 11.6. The molecular formula is C19H22N2O3S. The molecule has 0 atom stereocenters. The average molecular weight is 358 g/mol. The van der Waals surface area contributed by atoms with Crippen molar-refractivity contribution in [2.24, 2.45) is 0 Å². The van der Waals surface area contributed by atoms with E-state index in [1.807, 2.05) is 75.4 Å². The fraction of sp³-hybridized carbons (Fsp3) is 0.263. The van der Waals surface area contributed by atoms with Gasteiger partial charge in [-0.15, -0.1) is 0 Å². The molecule has 2 aromatic rings. The fourth-order valence-electron chi connectivity index (χ4n) is 1.93. The molecule has 132 valence electrons. The van der Waals surface area contributed by atoms with Crippen LogP contribution in [0.15, 0.2) is 54.6 Å². The molecule has 0 aliphatic heterocycles. The Balaban J connectivity index is 1.81. The number of benzene rings is 2. The summed E-state index contributed by atoms with van der Waals surface area (Å²) in [6, 6.07) is 16.9. The van der Waals surface area contributed by atoms with E-state index in [0.717, 1.165) is 11.3 Å². The summed E-state index contributed by atoms with van der Waals surface area (Å²) in [7, 11) is 0. The topological polar surface area (TPSA) is 59.6 Å². The molecule has 0 aromatic heterocycles. The minimum Gasteiger partial charge on any atom is -0.444 e. The fourth-order valence-corrected chi connectivity index (χ4v) is 2.15. The van der Waals surface area contributed by atoms with Gasteiger partial charge in [0.25, 0.3) is 5.17 Å². The first kappa shape index (κ1) is 18.7. The zero-order valence-corrected chi connectivity index (χ0v) is 15.4. The second kappa shape index (κ2) is 8.48. The second-order valence-electron chi connectivity index (χ2n) is 6.38. The Morgan fingerprint density at radius 3 is 2.28 bits per heavy atom. The first-order chi connectivity index (χ1) is 11.8. The zero-order chi connectivity index (χ0) is 18.3. The van der Waals surface area contributed by atoms with E-state index in [0.29, 0.717) is 12.3 Å². The second-order valence-corrected chi connectivity index (χ2v) is 6.75. The number of rotatable bonds is 4.